The van der Waals surface area contributed by atoms with Crippen LogP contribution in [0.3, 0.4) is 0 Å². The molecule has 36 heavy (non-hydrogen) atoms. The van der Waals surface area contributed by atoms with E-state index >= 15 is 0 Å². The van der Waals surface area contributed by atoms with E-state index in [0.29, 0.717) is 29.2 Å². The van der Waals surface area contributed by atoms with Gasteiger partial charge in [0.1, 0.15) is 18.3 Å². The molecule has 1 aliphatic rings. The quantitative estimate of drug-likeness (QED) is 0.190. The van der Waals surface area contributed by atoms with Crippen molar-refractivity contribution in [2.24, 2.45) is 0 Å². The van der Waals surface area contributed by atoms with Gasteiger partial charge in [0, 0.05) is 17.0 Å². The van der Waals surface area contributed by atoms with Crippen LogP contribution in [0.5, 0.6) is 0 Å². The zero-order chi connectivity index (χ0) is 25.4. The van der Waals surface area contributed by atoms with E-state index in [9.17, 15) is 20.1 Å². The number of aromatic nitrogens is 6. The number of halogens is 1. The van der Waals surface area contributed by atoms with E-state index in [2.05, 4.69) is 53.3 Å². The Morgan fingerprint density at radius 3 is 2.81 bits per heavy atom. The van der Waals surface area contributed by atoms with Gasteiger partial charge in [-0.15, -0.1) is 0 Å². The predicted molar refractivity (Wildman–Crippen MR) is 136 cm³/mol. The van der Waals surface area contributed by atoms with Crippen LogP contribution in [-0.4, -0.2) is 75.4 Å². The number of aliphatic hydroxyl groups excluding tert-OH is 3. The number of imidazole rings is 1. The molecule has 5 rings (SSSR count). The highest BCUT2D eigenvalue weighted by Crippen LogP contribution is 2.32. The van der Waals surface area contributed by atoms with Gasteiger partial charge >= 0.3 is 0 Å². The van der Waals surface area contributed by atoms with E-state index in [1.807, 2.05) is 24.3 Å². The lowest BCUT2D eigenvalue weighted by Gasteiger charge is -2.17. The molecule has 1 aliphatic heterocycles. The summed E-state index contributed by atoms with van der Waals surface area (Å²) in [5.74, 6) is 0.349. The molecule has 4 heterocycles. The molecule has 0 spiro atoms. The van der Waals surface area contributed by atoms with Gasteiger partial charge in [0.25, 0.3) is 5.95 Å². The van der Waals surface area contributed by atoms with E-state index in [1.54, 1.807) is 6.20 Å². The van der Waals surface area contributed by atoms with Crippen LogP contribution in [0.25, 0.3) is 17.1 Å². The number of hydrogen-bond donors (Lipinski definition) is 5. The Labute approximate surface area is 218 Å². The van der Waals surface area contributed by atoms with Crippen molar-refractivity contribution in [3.8, 4) is 5.95 Å². The van der Waals surface area contributed by atoms with Crippen molar-refractivity contribution in [2.75, 3.05) is 17.2 Å². The molecule has 0 bridgehead atoms. The maximum Gasteiger partial charge on any atom is 0.254 e. The molecule has 4 atom stereocenters. The van der Waals surface area contributed by atoms with Crippen molar-refractivity contribution < 1.29 is 24.9 Å². The van der Waals surface area contributed by atoms with E-state index in [4.69, 9.17) is 4.74 Å². The summed E-state index contributed by atoms with van der Waals surface area (Å²) in [6, 6.07) is 7.98. The summed E-state index contributed by atoms with van der Waals surface area (Å²) in [4.78, 5) is 25.0. The second kappa shape index (κ2) is 10.1. The van der Waals surface area contributed by atoms with Crippen LogP contribution in [0, 0.1) is 3.57 Å². The Hall–Kier alpha value is -3.18. The van der Waals surface area contributed by atoms with Crippen molar-refractivity contribution in [3.05, 3.63) is 52.1 Å². The van der Waals surface area contributed by atoms with Crippen LogP contribution < -0.4 is 10.6 Å². The molecule has 0 radical (unpaired) electrons. The fourth-order valence-corrected chi connectivity index (χ4v) is 4.57. The van der Waals surface area contributed by atoms with Crippen molar-refractivity contribution in [1.29, 1.82) is 0 Å². The average Bonchev–Trinajstić information content (AvgIpc) is 3.55. The lowest BCUT2D eigenvalue weighted by Crippen LogP contribution is -2.33. The summed E-state index contributed by atoms with van der Waals surface area (Å²) in [5, 5.41) is 40.5. The molecule has 13 nitrogen and oxygen atoms in total. The van der Waals surface area contributed by atoms with Crippen LogP contribution in [0.4, 0.5) is 11.5 Å². The van der Waals surface area contributed by atoms with Crippen LogP contribution in [0.1, 0.15) is 18.7 Å². The van der Waals surface area contributed by atoms with Gasteiger partial charge < -0.3 is 30.7 Å². The largest absolute Gasteiger partial charge is 0.394 e. The van der Waals surface area contributed by atoms with E-state index < -0.39 is 31.1 Å². The van der Waals surface area contributed by atoms with Gasteiger partial charge in [-0.3, -0.25) is 9.36 Å². The van der Waals surface area contributed by atoms with Gasteiger partial charge in [0.15, 0.2) is 23.2 Å². The Morgan fingerprint density at radius 1 is 1.25 bits per heavy atom. The SMILES string of the molecule is CC(=O)Nc1cnn(-c2nc(NCc3cccc(I)c3)c3ncn([C@@H]4O[C@H](CO)[C@@H](O)[C@H]4O)c3n2)c1. The number of hydrogen-bond acceptors (Lipinski definition) is 10. The summed E-state index contributed by atoms with van der Waals surface area (Å²) in [7, 11) is 0. The standard InChI is InChI=1S/C22H23IN8O5/c1-11(33)27-14-7-26-31(8-14)22-28-19(24-6-12-3-2-4-13(23)5-12)16-20(29-22)30(10-25-16)21-18(35)17(34)15(9-32)36-21/h2-5,7-8,10,15,17-18,21,32,34-35H,6,9H2,1H3,(H,27,33)(H,24,28,29)/t15-,17-,18-,21-/m1/s1. The van der Waals surface area contributed by atoms with Crippen LogP contribution >= 0.6 is 22.6 Å². The molecular formula is C22H23IN8O5. The average molecular weight is 606 g/mol. The third kappa shape index (κ3) is 4.77. The summed E-state index contributed by atoms with van der Waals surface area (Å²) in [6.07, 6.45) is -0.0863. The van der Waals surface area contributed by atoms with Gasteiger partial charge in [-0.2, -0.15) is 15.1 Å². The van der Waals surface area contributed by atoms with Gasteiger partial charge in [-0.25, -0.2) is 9.67 Å². The number of anilines is 2. The number of amides is 1. The molecule has 188 valence electrons. The molecule has 14 heteroatoms. The molecule has 1 fully saturated rings. The highest BCUT2D eigenvalue weighted by atomic mass is 127. The minimum absolute atomic E-state index is 0.178. The molecule has 1 saturated heterocycles. The molecule has 0 unspecified atom stereocenters. The highest BCUT2D eigenvalue weighted by molar-refractivity contribution is 14.1. The second-order valence-electron chi connectivity index (χ2n) is 8.26. The van der Waals surface area contributed by atoms with E-state index in [1.165, 1.54) is 28.7 Å². The van der Waals surface area contributed by atoms with Gasteiger partial charge in [-0.05, 0) is 40.3 Å². The number of aliphatic hydroxyl groups is 3. The van der Waals surface area contributed by atoms with E-state index in [0.717, 1.165) is 9.13 Å². The maximum atomic E-state index is 11.4. The molecule has 1 aromatic carbocycles. The van der Waals surface area contributed by atoms with Gasteiger partial charge in [0.05, 0.1) is 31.0 Å². The van der Waals surface area contributed by atoms with Crippen LogP contribution in [-0.2, 0) is 16.1 Å². The predicted octanol–water partition coefficient (Wildman–Crippen LogP) is 0.799. The lowest BCUT2D eigenvalue weighted by atomic mass is 10.1. The Kier molecular flexibility index (Phi) is 6.85. The van der Waals surface area contributed by atoms with Crippen molar-refractivity contribution >= 4 is 51.2 Å². The summed E-state index contributed by atoms with van der Waals surface area (Å²) < 4.78 is 9.66. The van der Waals surface area contributed by atoms with Crippen molar-refractivity contribution in [1.82, 2.24) is 29.3 Å². The Bertz CT molecular complexity index is 1410. The normalized spacial score (nSPS) is 21.7. The first-order valence-corrected chi connectivity index (χ1v) is 12.1. The number of fused-ring (bicyclic) bond motifs is 1. The van der Waals surface area contributed by atoms with Crippen LogP contribution in [0.2, 0.25) is 0 Å². The zero-order valence-corrected chi connectivity index (χ0v) is 21.1. The maximum absolute atomic E-state index is 11.4. The summed E-state index contributed by atoms with van der Waals surface area (Å²) in [6.45, 7) is 1.40. The molecule has 4 aromatic rings. The summed E-state index contributed by atoms with van der Waals surface area (Å²) >= 11 is 2.24. The number of rotatable bonds is 7. The van der Waals surface area contributed by atoms with Gasteiger partial charge in [0.2, 0.25) is 5.91 Å². The monoisotopic (exact) mass is 606 g/mol. The number of benzene rings is 1. The second-order valence-corrected chi connectivity index (χ2v) is 9.51. The first-order chi connectivity index (χ1) is 17.3. The van der Waals surface area contributed by atoms with Crippen molar-refractivity contribution in [3.63, 3.8) is 0 Å². The lowest BCUT2D eigenvalue weighted by molar-refractivity contribution is -0.114. The molecule has 0 saturated carbocycles. The molecular weight excluding hydrogens is 583 g/mol. The molecule has 1 amide bonds. The molecule has 3 aromatic heterocycles. The third-order valence-corrected chi connectivity index (χ3v) is 6.33. The Morgan fingerprint density at radius 2 is 2.08 bits per heavy atom. The van der Waals surface area contributed by atoms with Crippen molar-refractivity contribution in [2.45, 2.75) is 38.0 Å². The molecule has 5 N–H and O–H groups in total. The number of nitrogens with zero attached hydrogens (tertiary/aromatic N) is 6. The number of ether oxygens (including phenoxy) is 1. The zero-order valence-electron chi connectivity index (χ0n) is 19.0. The number of nitrogens with one attached hydrogen (secondary N) is 2. The van der Waals surface area contributed by atoms with Gasteiger partial charge in [-0.1, -0.05) is 12.1 Å². The summed E-state index contributed by atoms with van der Waals surface area (Å²) in [5.41, 5.74) is 2.23. The van der Waals surface area contributed by atoms with E-state index in [-0.39, 0.29) is 11.9 Å². The topological polar surface area (TPSA) is 172 Å². The smallest absolute Gasteiger partial charge is 0.254 e. The Balaban J connectivity index is 1.56. The fourth-order valence-electron chi connectivity index (χ4n) is 3.96. The minimum atomic E-state index is -1.31. The third-order valence-electron chi connectivity index (χ3n) is 5.66. The number of carbonyl (C=O) groups excluding carboxylic acids is 1. The first kappa shape index (κ1) is 24.5. The first-order valence-electron chi connectivity index (χ1n) is 11.0. The molecule has 0 aliphatic carbocycles. The fraction of sp³-hybridized carbons (Fsp3) is 0.318. The number of carbonyl (C=O) groups is 1. The highest BCUT2D eigenvalue weighted by Gasteiger charge is 2.44. The van der Waals surface area contributed by atoms with Crippen LogP contribution in [0.15, 0.2) is 43.0 Å². The minimum Gasteiger partial charge on any atom is -0.394 e.